The molecule has 0 rings (SSSR count). The van der Waals surface area contributed by atoms with Gasteiger partial charge in [-0.1, -0.05) is 22.6 Å². The second-order valence-corrected chi connectivity index (χ2v) is 4.08. The lowest BCUT2D eigenvalue weighted by Gasteiger charge is -1.99. The molecule has 0 bridgehead atoms. The van der Waals surface area contributed by atoms with Crippen LogP contribution in [0, 0.1) is 0 Å². The standard InChI is InChI=1S/C7H13IO2S/c1-2-10-7(9)6-11-5-3-4-8/h2-6H2,1H3. The highest BCUT2D eigenvalue weighted by Crippen LogP contribution is 2.04. The van der Waals surface area contributed by atoms with Crippen LogP contribution in [-0.2, 0) is 9.53 Å². The van der Waals surface area contributed by atoms with E-state index in [-0.39, 0.29) is 5.97 Å². The summed E-state index contributed by atoms with van der Waals surface area (Å²) in [4.78, 5) is 10.8. The lowest BCUT2D eigenvalue weighted by atomic mass is 10.6. The SMILES string of the molecule is CCOC(=O)CSCCCI. The average Bonchev–Trinajstić information content (AvgIpc) is 1.99. The fraction of sp³-hybridized carbons (Fsp3) is 0.857. The summed E-state index contributed by atoms with van der Waals surface area (Å²) in [6, 6.07) is 0. The molecular formula is C7H13IO2S. The lowest BCUT2D eigenvalue weighted by Crippen LogP contribution is -2.06. The molecule has 0 aliphatic carbocycles. The van der Waals surface area contributed by atoms with Crippen LogP contribution in [-0.4, -0.2) is 28.5 Å². The van der Waals surface area contributed by atoms with E-state index in [4.69, 9.17) is 4.74 Å². The normalized spacial score (nSPS) is 9.64. The third-order valence-corrected chi connectivity index (χ3v) is 2.73. The molecule has 0 saturated heterocycles. The van der Waals surface area contributed by atoms with Gasteiger partial charge in [0, 0.05) is 4.43 Å². The second kappa shape index (κ2) is 8.64. The molecule has 4 heteroatoms. The average molecular weight is 288 g/mol. The Hall–Kier alpha value is 0.550. The lowest BCUT2D eigenvalue weighted by molar-refractivity contribution is -0.139. The number of alkyl halides is 1. The number of ether oxygens (including phenoxy) is 1. The van der Waals surface area contributed by atoms with E-state index in [0.717, 1.165) is 10.2 Å². The Bertz CT molecular complexity index is 109. The van der Waals surface area contributed by atoms with Gasteiger partial charge in [-0.3, -0.25) is 4.79 Å². The molecule has 0 radical (unpaired) electrons. The monoisotopic (exact) mass is 288 g/mol. The van der Waals surface area contributed by atoms with Gasteiger partial charge in [-0.2, -0.15) is 11.8 Å². The molecule has 0 aromatic rings. The molecule has 0 aromatic carbocycles. The first-order valence-electron chi connectivity index (χ1n) is 3.60. The van der Waals surface area contributed by atoms with E-state index >= 15 is 0 Å². The summed E-state index contributed by atoms with van der Waals surface area (Å²) < 4.78 is 5.92. The number of carbonyl (C=O) groups excluding carboxylic acids is 1. The van der Waals surface area contributed by atoms with E-state index in [2.05, 4.69) is 22.6 Å². The minimum Gasteiger partial charge on any atom is -0.465 e. The van der Waals surface area contributed by atoms with Crippen molar-refractivity contribution in [3.05, 3.63) is 0 Å². The van der Waals surface area contributed by atoms with Crippen molar-refractivity contribution in [2.45, 2.75) is 13.3 Å². The number of hydrogen-bond donors (Lipinski definition) is 0. The van der Waals surface area contributed by atoms with E-state index in [1.165, 1.54) is 6.42 Å². The third kappa shape index (κ3) is 8.46. The number of halogens is 1. The largest absolute Gasteiger partial charge is 0.465 e. The highest BCUT2D eigenvalue weighted by atomic mass is 127. The van der Waals surface area contributed by atoms with Crippen LogP contribution in [0.2, 0.25) is 0 Å². The van der Waals surface area contributed by atoms with Gasteiger partial charge in [-0.15, -0.1) is 0 Å². The number of hydrogen-bond acceptors (Lipinski definition) is 3. The summed E-state index contributed by atoms with van der Waals surface area (Å²) in [7, 11) is 0. The van der Waals surface area contributed by atoms with Crippen LogP contribution >= 0.6 is 34.4 Å². The molecule has 2 nitrogen and oxygen atoms in total. The number of carbonyl (C=O) groups is 1. The zero-order valence-corrected chi connectivity index (χ0v) is 9.61. The zero-order valence-electron chi connectivity index (χ0n) is 6.64. The zero-order chi connectivity index (χ0) is 8.53. The molecule has 0 saturated carbocycles. The Morgan fingerprint density at radius 3 is 2.91 bits per heavy atom. The molecule has 66 valence electrons. The maximum absolute atomic E-state index is 10.8. The molecule has 0 heterocycles. The molecule has 0 atom stereocenters. The van der Waals surface area contributed by atoms with E-state index in [9.17, 15) is 4.79 Å². The Balaban J connectivity index is 3.04. The third-order valence-electron chi connectivity index (χ3n) is 0.948. The minimum atomic E-state index is -0.0917. The Morgan fingerprint density at radius 1 is 1.64 bits per heavy atom. The first-order valence-corrected chi connectivity index (χ1v) is 6.28. The van der Waals surface area contributed by atoms with E-state index in [1.54, 1.807) is 11.8 Å². The molecule has 0 unspecified atom stereocenters. The smallest absolute Gasteiger partial charge is 0.315 e. The molecule has 0 amide bonds. The van der Waals surface area contributed by atoms with E-state index < -0.39 is 0 Å². The van der Waals surface area contributed by atoms with Gasteiger partial charge >= 0.3 is 5.97 Å². The number of rotatable bonds is 6. The van der Waals surface area contributed by atoms with Crippen molar-refractivity contribution in [1.29, 1.82) is 0 Å². The predicted octanol–water partition coefficient (Wildman–Crippen LogP) is 2.11. The summed E-state index contributed by atoms with van der Waals surface area (Å²) in [5.41, 5.74) is 0. The van der Waals surface area contributed by atoms with Crippen LogP contribution in [0.1, 0.15) is 13.3 Å². The highest BCUT2D eigenvalue weighted by Gasteiger charge is 1.99. The number of esters is 1. The summed E-state index contributed by atoms with van der Waals surface area (Å²) in [6.45, 7) is 2.32. The van der Waals surface area contributed by atoms with Gasteiger partial charge in [0.2, 0.25) is 0 Å². The molecule has 0 aliphatic heterocycles. The van der Waals surface area contributed by atoms with Crippen molar-refractivity contribution in [3.63, 3.8) is 0 Å². The highest BCUT2D eigenvalue weighted by molar-refractivity contribution is 14.1. The molecule has 0 fully saturated rings. The van der Waals surface area contributed by atoms with Crippen molar-refractivity contribution in [2.24, 2.45) is 0 Å². The van der Waals surface area contributed by atoms with Crippen LogP contribution in [0.15, 0.2) is 0 Å². The van der Waals surface area contributed by atoms with E-state index in [0.29, 0.717) is 12.4 Å². The molecule has 0 aliphatic rings. The molecule has 0 N–H and O–H groups in total. The molecule has 0 spiro atoms. The van der Waals surface area contributed by atoms with Gasteiger partial charge in [0.05, 0.1) is 12.4 Å². The van der Waals surface area contributed by atoms with E-state index in [1.807, 2.05) is 6.92 Å². The molecule has 11 heavy (non-hydrogen) atoms. The molecular weight excluding hydrogens is 275 g/mol. The predicted molar refractivity (Wildman–Crippen MR) is 57.5 cm³/mol. The second-order valence-electron chi connectivity index (χ2n) is 1.90. The molecule has 0 aromatic heterocycles. The summed E-state index contributed by atoms with van der Waals surface area (Å²) in [5.74, 6) is 1.47. The van der Waals surface area contributed by atoms with Gasteiger partial charge in [-0.25, -0.2) is 0 Å². The summed E-state index contributed by atoms with van der Waals surface area (Å²) >= 11 is 3.98. The summed E-state index contributed by atoms with van der Waals surface area (Å²) in [5, 5.41) is 0. The first-order chi connectivity index (χ1) is 5.31. The van der Waals surface area contributed by atoms with Crippen molar-refractivity contribution in [3.8, 4) is 0 Å². The Labute approximate surface area is 85.6 Å². The fourth-order valence-electron chi connectivity index (χ4n) is 0.515. The van der Waals surface area contributed by atoms with Crippen molar-refractivity contribution in [2.75, 3.05) is 22.5 Å². The Kier molecular flexibility index (Phi) is 9.08. The maximum Gasteiger partial charge on any atom is 0.315 e. The van der Waals surface area contributed by atoms with Crippen molar-refractivity contribution >= 4 is 40.3 Å². The van der Waals surface area contributed by atoms with Crippen LogP contribution in [0.4, 0.5) is 0 Å². The quantitative estimate of drug-likeness (QED) is 0.324. The minimum absolute atomic E-state index is 0.0917. The number of thioether (sulfide) groups is 1. The maximum atomic E-state index is 10.8. The van der Waals surface area contributed by atoms with Crippen LogP contribution < -0.4 is 0 Å². The van der Waals surface area contributed by atoms with Crippen LogP contribution in [0.25, 0.3) is 0 Å². The van der Waals surface area contributed by atoms with Gasteiger partial charge in [0.15, 0.2) is 0 Å². The topological polar surface area (TPSA) is 26.3 Å². The van der Waals surface area contributed by atoms with Gasteiger partial charge in [0.25, 0.3) is 0 Å². The van der Waals surface area contributed by atoms with Crippen LogP contribution in [0.3, 0.4) is 0 Å². The van der Waals surface area contributed by atoms with Crippen molar-refractivity contribution < 1.29 is 9.53 Å². The van der Waals surface area contributed by atoms with Gasteiger partial charge < -0.3 is 4.74 Å². The fourth-order valence-corrected chi connectivity index (χ4v) is 2.16. The van der Waals surface area contributed by atoms with Crippen LogP contribution in [0.5, 0.6) is 0 Å². The Morgan fingerprint density at radius 2 is 2.36 bits per heavy atom. The van der Waals surface area contributed by atoms with Gasteiger partial charge in [-0.05, 0) is 19.1 Å². The van der Waals surface area contributed by atoms with Crippen molar-refractivity contribution in [1.82, 2.24) is 0 Å². The first kappa shape index (κ1) is 11.6. The summed E-state index contributed by atoms with van der Waals surface area (Å²) in [6.07, 6.45) is 1.17. The van der Waals surface area contributed by atoms with Gasteiger partial charge in [0.1, 0.15) is 0 Å².